The van der Waals surface area contributed by atoms with Crippen LogP contribution < -0.4 is 4.90 Å². The van der Waals surface area contributed by atoms with Crippen molar-refractivity contribution in [3.05, 3.63) is 17.0 Å². The highest BCUT2D eigenvalue weighted by Gasteiger charge is 2.17. The van der Waals surface area contributed by atoms with Crippen molar-refractivity contribution in [1.29, 1.82) is 0 Å². The van der Waals surface area contributed by atoms with Gasteiger partial charge in [0.1, 0.15) is 4.88 Å². The zero-order valence-electron chi connectivity index (χ0n) is 9.89. The second-order valence-electron chi connectivity index (χ2n) is 4.38. The van der Waals surface area contributed by atoms with Crippen LogP contribution in [-0.2, 0) is 4.74 Å². The van der Waals surface area contributed by atoms with Crippen molar-refractivity contribution < 1.29 is 14.6 Å². The van der Waals surface area contributed by atoms with Crippen molar-refractivity contribution in [3.63, 3.8) is 0 Å². The summed E-state index contributed by atoms with van der Waals surface area (Å²) in [6.45, 7) is 2.68. The van der Waals surface area contributed by atoms with Gasteiger partial charge in [0, 0.05) is 26.8 Å². The predicted molar refractivity (Wildman–Crippen MR) is 68.1 cm³/mol. The number of rotatable bonds is 4. The van der Waals surface area contributed by atoms with E-state index in [1.54, 1.807) is 6.07 Å². The van der Waals surface area contributed by atoms with Crippen LogP contribution in [-0.4, -0.2) is 37.9 Å². The Hall–Kier alpha value is -1.07. The van der Waals surface area contributed by atoms with Crippen LogP contribution in [0.2, 0.25) is 0 Å². The summed E-state index contributed by atoms with van der Waals surface area (Å²) in [5, 5.41) is 9.90. The van der Waals surface area contributed by atoms with E-state index in [2.05, 4.69) is 4.90 Å². The summed E-state index contributed by atoms with van der Waals surface area (Å²) < 4.78 is 5.33. The Morgan fingerprint density at radius 3 is 2.82 bits per heavy atom. The molecule has 2 heterocycles. The lowest BCUT2D eigenvalue weighted by atomic mass is 10.00. The lowest BCUT2D eigenvalue weighted by molar-refractivity contribution is 0.0685. The molecule has 0 aliphatic carbocycles. The third-order valence-corrected chi connectivity index (χ3v) is 4.24. The maximum atomic E-state index is 10.8. The van der Waals surface area contributed by atoms with Crippen LogP contribution in [0.25, 0.3) is 0 Å². The largest absolute Gasteiger partial charge is 0.477 e. The minimum Gasteiger partial charge on any atom is -0.477 e. The molecule has 5 heteroatoms. The molecule has 0 atom stereocenters. The van der Waals surface area contributed by atoms with Gasteiger partial charge >= 0.3 is 5.97 Å². The van der Waals surface area contributed by atoms with E-state index in [1.165, 1.54) is 11.3 Å². The molecule has 1 aromatic rings. The third-order valence-electron chi connectivity index (χ3n) is 3.05. The minimum absolute atomic E-state index is 0.402. The maximum Gasteiger partial charge on any atom is 0.345 e. The number of hydrogen-bond acceptors (Lipinski definition) is 4. The summed E-state index contributed by atoms with van der Waals surface area (Å²) in [5.41, 5.74) is 0. The van der Waals surface area contributed by atoms with Crippen molar-refractivity contribution in [2.45, 2.75) is 12.8 Å². The molecule has 4 nitrogen and oxygen atoms in total. The van der Waals surface area contributed by atoms with Gasteiger partial charge in [-0.2, -0.15) is 0 Å². The van der Waals surface area contributed by atoms with Gasteiger partial charge in [-0.15, -0.1) is 11.3 Å². The average molecular weight is 255 g/mol. The van der Waals surface area contributed by atoms with Crippen LogP contribution in [0, 0.1) is 5.92 Å². The highest BCUT2D eigenvalue weighted by molar-refractivity contribution is 7.17. The molecule has 1 saturated heterocycles. The first-order valence-corrected chi connectivity index (χ1v) is 6.60. The van der Waals surface area contributed by atoms with Crippen LogP contribution >= 0.6 is 11.3 Å². The van der Waals surface area contributed by atoms with Crippen LogP contribution in [0.5, 0.6) is 0 Å². The molecule has 2 rings (SSSR count). The monoisotopic (exact) mass is 255 g/mol. The van der Waals surface area contributed by atoms with Crippen molar-refractivity contribution in [2.24, 2.45) is 5.92 Å². The Bertz CT molecular complexity index is 385. The maximum absolute atomic E-state index is 10.8. The summed E-state index contributed by atoms with van der Waals surface area (Å²) in [6.07, 6.45) is 2.20. The number of ether oxygens (including phenoxy) is 1. The molecule has 1 aliphatic rings. The van der Waals surface area contributed by atoms with Crippen molar-refractivity contribution in [2.75, 3.05) is 31.7 Å². The molecule has 1 aromatic heterocycles. The number of aromatic carboxylic acids is 1. The number of carboxylic acids is 1. The molecular weight excluding hydrogens is 238 g/mol. The molecule has 1 aliphatic heterocycles. The van der Waals surface area contributed by atoms with Crippen LogP contribution in [0.3, 0.4) is 0 Å². The molecule has 0 saturated carbocycles. The zero-order chi connectivity index (χ0) is 12.3. The van der Waals surface area contributed by atoms with Crippen molar-refractivity contribution >= 4 is 22.3 Å². The summed E-state index contributed by atoms with van der Waals surface area (Å²) in [6, 6.07) is 3.55. The molecule has 0 bridgehead atoms. The van der Waals surface area contributed by atoms with E-state index in [0.717, 1.165) is 37.6 Å². The standard InChI is InChI=1S/C12H17NO3S/c1-13(8-9-4-6-16-7-5-9)11-3-2-10(17-11)12(14)15/h2-3,9H,4-8H2,1H3,(H,14,15). The Kier molecular flexibility index (Phi) is 4.02. The second kappa shape index (κ2) is 5.51. The van der Waals surface area contributed by atoms with Crippen LogP contribution in [0.4, 0.5) is 5.00 Å². The first-order valence-electron chi connectivity index (χ1n) is 5.79. The van der Waals surface area contributed by atoms with Gasteiger partial charge in [0.15, 0.2) is 0 Å². The Labute approximate surface area is 105 Å². The van der Waals surface area contributed by atoms with E-state index < -0.39 is 5.97 Å². The quantitative estimate of drug-likeness (QED) is 0.897. The first-order chi connectivity index (χ1) is 8.16. The molecule has 0 spiro atoms. The highest BCUT2D eigenvalue weighted by Crippen LogP contribution is 2.27. The fraction of sp³-hybridized carbons (Fsp3) is 0.583. The molecule has 94 valence electrons. The van der Waals surface area contributed by atoms with E-state index in [1.807, 2.05) is 13.1 Å². The predicted octanol–water partition coefficient (Wildman–Crippen LogP) is 2.31. The van der Waals surface area contributed by atoms with Gasteiger partial charge < -0.3 is 14.7 Å². The van der Waals surface area contributed by atoms with E-state index in [4.69, 9.17) is 9.84 Å². The fourth-order valence-corrected chi connectivity index (χ4v) is 2.87. The molecular formula is C12H17NO3S. The van der Waals surface area contributed by atoms with Crippen LogP contribution in [0.1, 0.15) is 22.5 Å². The number of carbonyl (C=O) groups is 1. The lowest BCUT2D eigenvalue weighted by Gasteiger charge is -2.27. The Balaban J connectivity index is 1.93. The fourth-order valence-electron chi connectivity index (χ4n) is 2.05. The van der Waals surface area contributed by atoms with Gasteiger partial charge in [-0.1, -0.05) is 0 Å². The minimum atomic E-state index is -0.847. The molecule has 1 fully saturated rings. The van der Waals surface area contributed by atoms with Gasteiger partial charge in [0.2, 0.25) is 0 Å². The van der Waals surface area contributed by atoms with E-state index in [9.17, 15) is 4.79 Å². The number of thiophene rings is 1. The number of hydrogen-bond donors (Lipinski definition) is 1. The number of anilines is 1. The molecule has 0 unspecified atom stereocenters. The number of nitrogens with zero attached hydrogens (tertiary/aromatic N) is 1. The topological polar surface area (TPSA) is 49.8 Å². The lowest BCUT2D eigenvalue weighted by Crippen LogP contribution is -2.28. The van der Waals surface area contributed by atoms with Gasteiger partial charge in [0.25, 0.3) is 0 Å². The normalized spacial score (nSPS) is 17.0. The summed E-state index contributed by atoms with van der Waals surface area (Å²) in [7, 11) is 2.02. The van der Waals surface area contributed by atoms with Gasteiger partial charge in [-0.05, 0) is 30.9 Å². The summed E-state index contributed by atoms with van der Waals surface area (Å²) in [5.74, 6) is -0.190. The SMILES string of the molecule is CN(CC1CCOCC1)c1ccc(C(=O)O)s1. The average Bonchev–Trinajstić information content (AvgIpc) is 2.79. The highest BCUT2D eigenvalue weighted by atomic mass is 32.1. The van der Waals surface area contributed by atoms with E-state index >= 15 is 0 Å². The zero-order valence-corrected chi connectivity index (χ0v) is 10.7. The molecule has 1 N–H and O–H groups in total. The van der Waals surface area contributed by atoms with E-state index in [0.29, 0.717) is 10.8 Å². The second-order valence-corrected chi connectivity index (χ2v) is 5.44. The van der Waals surface area contributed by atoms with Crippen molar-refractivity contribution in [3.8, 4) is 0 Å². The van der Waals surface area contributed by atoms with Gasteiger partial charge in [-0.3, -0.25) is 0 Å². The van der Waals surface area contributed by atoms with Crippen LogP contribution in [0.15, 0.2) is 12.1 Å². The molecule has 0 aromatic carbocycles. The van der Waals surface area contributed by atoms with Gasteiger partial charge in [0.05, 0.1) is 5.00 Å². The van der Waals surface area contributed by atoms with E-state index in [-0.39, 0.29) is 0 Å². The van der Waals surface area contributed by atoms with Crippen molar-refractivity contribution in [1.82, 2.24) is 0 Å². The summed E-state index contributed by atoms with van der Waals surface area (Å²) >= 11 is 1.33. The third kappa shape index (κ3) is 3.20. The van der Waals surface area contributed by atoms with Gasteiger partial charge in [-0.25, -0.2) is 4.79 Å². The first kappa shape index (κ1) is 12.4. The molecule has 0 amide bonds. The Morgan fingerprint density at radius 2 is 2.24 bits per heavy atom. The smallest absolute Gasteiger partial charge is 0.345 e. The molecule has 0 radical (unpaired) electrons. The number of carboxylic acid groups (broad SMARTS) is 1. The molecule has 17 heavy (non-hydrogen) atoms. The summed E-state index contributed by atoms with van der Waals surface area (Å²) in [4.78, 5) is 13.3. The Morgan fingerprint density at radius 1 is 1.53 bits per heavy atom.